The molecule has 0 aliphatic heterocycles. The quantitative estimate of drug-likeness (QED) is 0.575. The summed E-state index contributed by atoms with van der Waals surface area (Å²) >= 11 is 0. The lowest BCUT2D eigenvalue weighted by molar-refractivity contribution is 0.189. The lowest BCUT2D eigenvalue weighted by atomic mass is 9.70. The van der Waals surface area contributed by atoms with Gasteiger partial charge in [0.25, 0.3) is 0 Å². The van der Waals surface area contributed by atoms with Crippen LogP contribution in [0.15, 0.2) is 24.3 Å². The van der Waals surface area contributed by atoms with Gasteiger partial charge >= 0.3 is 0 Å². The minimum absolute atomic E-state index is 0.206. The lowest BCUT2D eigenvalue weighted by Gasteiger charge is -2.35. The molecule has 126 valence electrons. The average molecular weight is 318 g/mol. The number of halogens is 2. The van der Waals surface area contributed by atoms with Crippen LogP contribution < -0.4 is 0 Å². The molecule has 1 unspecified atom stereocenters. The number of benzene rings is 1. The third-order valence-electron chi connectivity index (χ3n) is 5.99. The van der Waals surface area contributed by atoms with Crippen molar-refractivity contribution in [2.24, 2.45) is 17.8 Å². The number of hydrogen-bond acceptors (Lipinski definition) is 0. The van der Waals surface area contributed by atoms with Gasteiger partial charge in [-0.25, -0.2) is 8.78 Å². The van der Waals surface area contributed by atoms with E-state index in [1.54, 1.807) is 0 Å². The highest BCUT2D eigenvalue weighted by molar-refractivity contribution is 5.67. The summed E-state index contributed by atoms with van der Waals surface area (Å²) < 4.78 is 27.8. The fourth-order valence-electron chi connectivity index (χ4n) is 4.67. The molecule has 0 nitrogen and oxygen atoms in total. The summed E-state index contributed by atoms with van der Waals surface area (Å²) in [7, 11) is 0. The van der Waals surface area contributed by atoms with E-state index < -0.39 is 11.6 Å². The Bertz CT molecular complexity index is 533. The Kier molecular flexibility index (Phi) is 5.50. The van der Waals surface area contributed by atoms with Gasteiger partial charge in [0, 0.05) is 5.56 Å². The third kappa shape index (κ3) is 3.84. The largest absolute Gasteiger partial charge is 0.206 e. The fourth-order valence-corrected chi connectivity index (χ4v) is 4.67. The average Bonchev–Trinajstić information content (AvgIpc) is 2.56. The fraction of sp³-hybridized carbons (Fsp3) is 0.619. The topological polar surface area (TPSA) is 0 Å². The second-order valence-electron chi connectivity index (χ2n) is 7.43. The van der Waals surface area contributed by atoms with Crippen molar-refractivity contribution < 1.29 is 8.78 Å². The van der Waals surface area contributed by atoms with Gasteiger partial charge in [0.15, 0.2) is 0 Å². The molecular formula is C21H28F2. The van der Waals surface area contributed by atoms with Gasteiger partial charge < -0.3 is 0 Å². The molecule has 2 heteroatoms. The lowest BCUT2D eigenvalue weighted by Crippen LogP contribution is -2.23. The molecule has 0 aromatic heterocycles. The smallest absolute Gasteiger partial charge is 0.133 e. The minimum atomic E-state index is -0.422. The molecule has 0 amide bonds. The van der Waals surface area contributed by atoms with Gasteiger partial charge in [-0.15, -0.1) is 0 Å². The van der Waals surface area contributed by atoms with E-state index in [4.69, 9.17) is 0 Å². The molecule has 1 aromatic carbocycles. The van der Waals surface area contributed by atoms with Gasteiger partial charge in [0.05, 0.1) is 0 Å². The van der Waals surface area contributed by atoms with Crippen LogP contribution in [0.5, 0.6) is 0 Å². The molecule has 3 rings (SSSR count). The standard InChI is InChI=1S/C21H28F2/c1-2-4-15-7-9-16(10-8-15)17-11-13-18(14-12-17)21-19(22)5-3-6-20(21)23/h3,5-6,13,15-17H,2,4,7-12,14H2,1H3/t15-,16-,17?. The predicted molar refractivity (Wildman–Crippen MR) is 92.0 cm³/mol. The van der Waals surface area contributed by atoms with Crippen LogP contribution in [0.4, 0.5) is 8.78 Å². The van der Waals surface area contributed by atoms with Crippen molar-refractivity contribution >= 4 is 5.57 Å². The van der Waals surface area contributed by atoms with Gasteiger partial charge in [-0.05, 0) is 67.6 Å². The van der Waals surface area contributed by atoms with E-state index in [1.165, 1.54) is 56.7 Å². The van der Waals surface area contributed by atoms with E-state index in [-0.39, 0.29) is 5.56 Å². The summed E-state index contributed by atoms with van der Waals surface area (Å²) in [5, 5.41) is 0. The molecule has 0 heterocycles. The van der Waals surface area contributed by atoms with Crippen LogP contribution in [0.25, 0.3) is 5.57 Å². The molecule has 0 saturated heterocycles. The van der Waals surface area contributed by atoms with E-state index >= 15 is 0 Å². The Morgan fingerprint density at radius 2 is 1.65 bits per heavy atom. The Morgan fingerprint density at radius 3 is 2.22 bits per heavy atom. The zero-order valence-electron chi connectivity index (χ0n) is 14.2. The Hall–Kier alpha value is -1.18. The van der Waals surface area contributed by atoms with Crippen molar-refractivity contribution in [1.29, 1.82) is 0 Å². The van der Waals surface area contributed by atoms with Crippen molar-refractivity contribution in [2.45, 2.75) is 64.7 Å². The second kappa shape index (κ2) is 7.59. The van der Waals surface area contributed by atoms with E-state index in [0.29, 0.717) is 0 Å². The van der Waals surface area contributed by atoms with E-state index in [0.717, 1.165) is 42.6 Å². The van der Waals surface area contributed by atoms with Crippen LogP contribution in [0.2, 0.25) is 0 Å². The summed E-state index contributed by atoms with van der Waals surface area (Å²) in [6, 6.07) is 4.16. The van der Waals surface area contributed by atoms with Crippen molar-refractivity contribution in [1.82, 2.24) is 0 Å². The first kappa shape index (κ1) is 16.7. The molecule has 1 saturated carbocycles. The summed E-state index contributed by atoms with van der Waals surface area (Å²) in [6.07, 6.45) is 13.2. The Morgan fingerprint density at radius 1 is 0.957 bits per heavy atom. The van der Waals surface area contributed by atoms with Gasteiger partial charge in [0.2, 0.25) is 0 Å². The number of allylic oxidation sites excluding steroid dienone is 2. The van der Waals surface area contributed by atoms with Crippen molar-refractivity contribution in [3.05, 3.63) is 41.5 Å². The Balaban J connectivity index is 1.61. The monoisotopic (exact) mass is 318 g/mol. The highest BCUT2D eigenvalue weighted by Gasteiger charge is 2.29. The summed E-state index contributed by atoms with van der Waals surface area (Å²) in [5.74, 6) is 1.64. The van der Waals surface area contributed by atoms with Crippen LogP contribution in [0.3, 0.4) is 0 Å². The summed E-state index contributed by atoms with van der Waals surface area (Å²) in [4.78, 5) is 0. The van der Waals surface area contributed by atoms with Gasteiger partial charge in [0.1, 0.15) is 11.6 Å². The molecule has 1 fully saturated rings. The zero-order chi connectivity index (χ0) is 16.2. The summed E-state index contributed by atoms with van der Waals surface area (Å²) in [5.41, 5.74) is 1.08. The van der Waals surface area contributed by atoms with E-state index in [9.17, 15) is 8.78 Å². The first-order valence-electron chi connectivity index (χ1n) is 9.32. The maximum atomic E-state index is 13.9. The van der Waals surface area contributed by atoms with Gasteiger partial charge in [-0.2, -0.15) is 0 Å². The van der Waals surface area contributed by atoms with Crippen LogP contribution in [-0.2, 0) is 0 Å². The normalized spacial score (nSPS) is 28.5. The second-order valence-corrected chi connectivity index (χ2v) is 7.43. The first-order valence-corrected chi connectivity index (χ1v) is 9.32. The number of rotatable bonds is 4. The van der Waals surface area contributed by atoms with E-state index in [1.807, 2.05) is 0 Å². The highest BCUT2D eigenvalue weighted by atomic mass is 19.1. The molecule has 2 aliphatic carbocycles. The molecule has 0 radical (unpaired) electrons. The SMILES string of the molecule is CCC[C@H]1CC[C@H](C2CC=C(c3c(F)cccc3F)CC2)CC1. The molecule has 2 aliphatic rings. The van der Waals surface area contributed by atoms with Crippen LogP contribution >= 0.6 is 0 Å². The summed E-state index contributed by atoms with van der Waals surface area (Å²) in [6.45, 7) is 2.28. The van der Waals surface area contributed by atoms with Crippen molar-refractivity contribution in [2.75, 3.05) is 0 Å². The molecule has 1 atom stereocenters. The molecule has 23 heavy (non-hydrogen) atoms. The maximum Gasteiger partial charge on any atom is 0.133 e. The zero-order valence-corrected chi connectivity index (χ0v) is 14.2. The highest BCUT2D eigenvalue weighted by Crippen LogP contribution is 2.42. The first-order chi connectivity index (χ1) is 11.2. The van der Waals surface area contributed by atoms with Gasteiger partial charge in [-0.3, -0.25) is 0 Å². The van der Waals surface area contributed by atoms with Crippen molar-refractivity contribution in [3.8, 4) is 0 Å². The minimum Gasteiger partial charge on any atom is -0.206 e. The van der Waals surface area contributed by atoms with Crippen LogP contribution in [0, 0.1) is 29.4 Å². The molecule has 0 spiro atoms. The Labute approximate surface area is 139 Å². The number of hydrogen-bond donors (Lipinski definition) is 0. The van der Waals surface area contributed by atoms with Crippen LogP contribution in [-0.4, -0.2) is 0 Å². The van der Waals surface area contributed by atoms with E-state index in [2.05, 4.69) is 13.0 Å². The predicted octanol–water partition coefficient (Wildman–Crippen LogP) is 6.75. The third-order valence-corrected chi connectivity index (χ3v) is 5.99. The van der Waals surface area contributed by atoms with Crippen LogP contribution in [0.1, 0.15) is 70.3 Å². The van der Waals surface area contributed by atoms with Crippen molar-refractivity contribution in [3.63, 3.8) is 0 Å². The maximum absolute atomic E-state index is 13.9. The molecule has 1 aromatic rings. The molecule has 0 N–H and O–H groups in total. The molecular weight excluding hydrogens is 290 g/mol. The van der Waals surface area contributed by atoms with Gasteiger partial charge in [-0.1, -0.05) is 44.7 Å². The molecule has 0 bridgehead atoms.